The molecule has 0 bridgehead atoms. The van der Waals surface area contributed by atoms with Gasteiger partial charge in [0.15, 0.2) is 0 Å². The lowest BCUT2D eigenvalue weighted by Crippen LogP contribution is -2.42. The molecule has 1 heterocycles. The van der Waals surface area contributed by atoms with Gasteiger partial charge in [0.2, 0.25) is 0 Å². The molecule has 0 radical (unpaired) electrons. The molecule has 6 heteroatoms. The van der Waals surface area contributed by atoms with Gasteiger partial charge in [-0.25, -0.2) is 5.06 Å². The molecule has 1 aliphatic rings. The fourth-order valence-electron chi connectivity index (χ4n) is 2.50. The molecule has 1 aromatic rings. The van der Waals surface area contributed by atoms with Crippen molar-refractivity contribution < 1.29 is 9.94 Å². The first-order valence-corrected chi connectivity index (χ1v) is 9.81. The minimum atomic E-state index is -0.334. The van der Waals surface area contributed by atoms with Gasteiger partial charge in [-0.3, -0.25) is 9.83 Å². The highest BCUT2D eigenvalue weighted by atomic mass is 32.2. The number of anilines is 1. The summed E-state index contributed by atoms with van der Waals surface area (Å²) in [4.78, 5) is 11.5. The zero-order valence-corrected chi connectivity index (χ0v) is 16.3. The van der Waals surface area contributed by atoms with Gasteiger partial charge in [-0.2, -0.15) is 0 Å². The van der Waals surface area contributed by atoms with Crippen LogP contribution in [0.15, 0.2) is 46.0 Å². The zero-order valence-electron chi connectivity index (χ0n) is 15.5. The van der Waals surface area contributed by atoms with Crippen LogP contribution < -0.4 is 10.8 Å². The van der Waals surface area contributed by atoms with Crippen LogP contribution in [0, 0.1) is 5.41 Å². The standard InChI is InChI=1S/C19H29N3O2S/c1-19(2,3)17(23)12-18(20)21-13-15-6-5-11-24-22(15)14-7-9-16(25-4)10-8-14/h7-10,12,15,23H,5-6,11,13H2,1-4H3,(H2,20,21)/b17-12-/t15-/m0/s1. The second-order valence-corrected chi connectivity index (χ2v) is 8.08. The average molecular weight is 364 g/mol. The Bertz CT molecular complexity index is 621. The Labute approximate surface area is 154 Å². The molecule has 2 rings (SSSR count). The second-order valence-electron chi connectivity index (χ2n) is 7.20. The summed E-state index contributed by atoms with van der Waals surface area (Å²) < 4.78 is 0. The first kappa shape index (κ1) is 19.7. The monoisotopic (exact) mass is 363 g/mol. The molecule has 1 saturated heterocycles. The van der Waals surface area contributed by atoms with Crippen molar-refractivity contribution in [1.82, 2.24) is 0 Å². The van der Waals surface area contributed by atoms with Gasteiger partial charge < -0.3 is 10.8 Å². The van der Waals surface area contributed by atoms with Crippen LogP contribution >= 0.6 is 11.8 Å². The molecule has 0 saturated carbocycles. The molecule has 1 atom stereocenters. The van der Waals surface area contributed by atoms with Crippen molar-refractivity contribution in [2.45, 2.75) is 44.6 Å². The van der Waals surface area contributed by atoms with E-state index in [1.165, 1.54) is 4.90 Å². The lowest BCUT2D eigenvalue weighted by atomic mass is 9.93. The molecule has 0 amide bonds. The molecule has 5 nitrogen and oxygen atoms in total. The van der Waals surface area contributed by atoms with E-state index >= 15 is 0 Å². The fourth-order valence-corrected chi connectivity index (χ4v) is 2.91. The van der Waals surface area contributed by atoms with Crippen molar-refractivity contribution in [2.24, 2.45) is 16.1 Å². The van der Waals surface area contributed by atoms with E-state index in [-0.39, 0.29) is 17.2 Å². The Balaban J connectivity index is 2.08. The summed E-state index contributed by atoms with van der Waals surface area (Å²) in [5.41, 5.74) is 6.66. The first-order chi connectivity index (χ1) is 11.8. The van der Waals surface area contributed by atoms with Crippen molar-refractivity contribution in [3.63, 3.8) is 0 Å². The smallest absolute Gasteiger partial charge is 0.121 e. The Morgan fingerprint density at radius 1 is 1.40 bits per heavy atom. The highest BCUT2D eigenvalue weighted by molar-refractivity contribution is 7.98. The molecule has 1 aromatic carbocycles. The summed E-state index contributed by atoms with van der Waals surface area (Å²) in [7, 11) is 0. The predicted octanol–water partition coefficient (Wildman–Crippen LogP) is 4.15. The lowest BCUT2D eigenvalue weighted by molar-refractivity contribution is 0.0509. The van der Waals surface area contributed by atoms with Crippen LogP contribution in [-0.2, 0) is 4.84 Å². The minimum absolute atomic E-state index is 0.137. The van der Waals surface area contributed by atoms with Gasteiger partial charge in [0.05, 0.1) is 24.9 Å². The maximum atomic E-state index is 10.0. The number of nitrogens with zero attached hydrogens (tertiary/aromatic N) is 2. The molecule has 25 heavy (non-hydrogen) atoms. The number of thioether (sulfide) groups is 1. The van der Waals surface area contributed by atoms with Crippen LogP contribution in [0.25, 0.3) is 0 Å². The fraction of sp³-hybridized carbons (Fsp3) is 0.526. The van der Waals surface area contributed by atoms with Crippen LogP contribution in [0.5, 0.6) is 0 Å². The molecular formula is C19H29N3O2S. The van der Waals surface area contributed by atoms with Crippen molar-refractivity contribution in [2.75, 3.05) is 24.5 Å². The largest absolute Gasteiger partial charge is 0.512 e. The number of benzene rings is 1. The molecule has 0 spiro atoms. The molecule has 3 N–H and O–H groups in total. The third-order valence-electron chi connectivity index (χ3n) is 4.11. The van der Waals surface area contributed by atoms with E-state index in [4.69, 9.17) is 10.6 Å². The van der Waals surface area contributed by atoms with Crippen molar-refractivity contribution in [3.05, 3.63) is 36.1 Å². The number of nitrogens with two attached hydrogens (primary N) is 1. The third kappa shape index (κ3) is 5.68. The topological polar surface area (TPSA) is 71.1 Å². The summed E-state index contributed by atoms with van der Waals surface area (Å²) in [6.45, 7) is 7.04. The Hall–Kier alpha value is -1.66. The summed E-state index contributed by atoms with van der Waals surface area (Å²) in [5.74, 6) is 0.578. The Kier molecular flexibility index (Phi) is 6.79. The van der Waals surface area contributed by atoms with Crippen molar-refractivity contribution in [1.29, 1.82) is 0 Å². The number of hydrogen-bond acceptors (Lipinski definition) is 5. The SMILES string of the molecule is CSc1ccc(N2OCCC[C@H]2CN=C(N)/C=C(\O)C(C)(C)C)cc1. The molecule has 1 fully saturated rings. The second kappa shape index (κ2) is 8.63. The lowest BCUT2D eigenvalue weighted by Gasteiger charge is -2.35. The van der Waals surface area contributed by atoms with E-state index in [0.717, 1.165) is 18.5 Å². The number of allylic oxidation sites excluding steroid dienone is 1. The zero-order chi connectivity index (χ0) is 18.4. The van der Waals surface area contributed by atoms with Gasteiger partial charge in [-0.05, 0) is 43.4 Å². The third-order valence-corrected chi connectivity index (χ3v) is 4.85. The molecule has 1 aliphatic heterocycles. The van der Waals surface area contributed by atoms with Gasteiger partial charge in [0, 0.05) is 16.4 Å². The van der Waals surface area contributed by atoms with Crippen LogP contribution in [0.4, 0.5) is 5.69 Å². The van der Waals surface area contributed by atoms with Crippen molar-refractivity contribution >= 4 is 23.3 Å². The number of hydroxylamine groups is 1. The molecule has 0 aliphatic carbocycles. The van der Waals surface area contributed by atoms with Crippen molar-refractivity contribution in [3.8, 4) is 0 Å². The van der Waals surface area contributed by atoms with E-state index < -0.39 is 0 Å². The minimum Gasteiger partial charge on any atom is -0.512 e. The maximum absolute atomic E-state index is 10.0. The highest BCUT2D eigenvalue weighted by Gasteiger charge is 2.24. The molecule has 138 valence electrons. The first-order valence-electron chi connectivity index (χ1n) is 8.58. The van der Waals surface area contributed by atoms with Crippen LogP contribution in [0.1, 0.15) is 33.6 Å². The predicted molar refractivity (Wildman–Crippen MR) is 106 cm³/mol. The number of amidine groups is 1. The Morgan fingerprint density at radius 2 is 2.08 bits per heavy atom. The summed E-state index contributed by atoms with van der Waals surface area (Å²) in [5, 5.41) is 12.0. The van der Waals surface area contributed by atoms with E-state index in [2.05, 4.69) is 35.5 Å². The van der Waals surface area contributed by atoms with E-state index in [1.807, 2.05) is 25.8 Å². The Morgan fingerprint density at radius 3 is 2.68 bits per heavy atom. The average Bonchev–Trinajstić information content (AvgIpc) is 2.59. The molecule has 0 aromatic heterocycles. The van der Waals surface area contributed by atoms with Crippen LogP contribution in [-0.4, -0.2) is 36.4 Å². The highest BCUT2D eigenvalue weighted by Crippen LogP contribution is 2.26. The van der Waals surface area contributed by atoms with E-state index in [0.29, 0.717) is 19.0 Å². The molecule has 0 unspecified atom stereocenters. The number of hydrogen-bond donors (Lipinski definition) is 2. The summed E-state index contributed by atoms with van der Waals surface area (Å²) in [6, 6.07) is 8.47. The molecular weight excluding hydrogens is 334 g/mol. The van der Waals surface area contributed by atoms with Gasteiger partial charge >= 0.3 is 0 Å². The van der Waals surface area contributed by atoms with E-state index in [9.17, 15) is 5.11 Å². The van der Waals surface area contributed by atoms with Gasteiger partial charge in [-0.1, -0.05) is 20.8 Å². The number of aliphatic hydroxyl groups excluding tert-OH is 1. The van der Waals surface area contributed by atoms with Gasteiger partial charge in [0.1, 0.15) is 11.6 Å². The quantitative estimate of drug-likeness (QED) is 0.356. The maximum Gasteiger partial charge on any atom is 0.121 e. The summed E-state index contributed by atoms with van der Waals surface area (Å²) >= 11 is 1.72. The number of aliphatic imine (C=N–C) groups is 1. The van der Waals surface area contributed by atoms with Crippen LogP contribution in [0.3, 0.4) is 0 Å². The van der Waals surface area contributed by atoms with E-state index in [1.54, 1.807) is 17.8 Å². The van der Waals surface area contributed by atoms with Crippen LogP contribution in [0.2, 0.25) is 0 Å². The number of rotatable bonds is 5. The van der Waals surface area contributed by atoms with Gasteiger partial charge in [0.25, 0.3) is 0 Å². The van der Waals surface area contributed by atoms with Gasteiger partial charge in [-0.15, -0.1) is 11.8 Å². The number of aliphatic hydroxyl groups is 1. The normalized spacial score (nSPS) is 20.0. The summed E-state index contributed by atoms with van der Waals surface area (Å²) in [6.07, 6.45) is 5.60.